The Bertz CT molecular complexity index is 482. The van der Waals surface area contributed by atoms with Crippen molar-refractivity contribution in [3.05, 3.63) is 38.9 Å². The highest BCUT2D eigenvalue weighted by molar-refractivity contribution is 6.30. The van der Waals surface area contributed by atoms with Gasteiger partial charge in [-0.15, -0.1) is 0 Å². The number of nitro groups is 1. The molecule has 2 N–H and O–H groups in total. The molecule has 0 aliphatic carbocycles. The molecular weight excluding hydrogens is 286 g/mol. The summed E-state index contributed by atoms with van der Waals surface area (Å²) in [5.74, 6) is -0.202. The maximum absolute atomic E-state index is 11.4. The van der Waals surface area contributed by atoms with Crippen LogP contribution in [0.1, 0.15) is 5.56 Å². The number of hydrogen-bond acceptors (Lipinski definition) is 5. The van der Waals surface area contributed by atoms with Crippen LogP contribution in [0.25, 0.3) is 0 Å². The lowest BCUT2D eigenvalue weighted by Gasteiger charge is -2.07. The molecule has 1 aromatic carbocycles. The first-order chi connectivity index (χ1) is 9.54. The molecule has 0 heterocycles. The van der Waals surface area contributed by atoms with Gasteiger partial charge in [0.1, 0.15) is 0 Å². The second-order valence-corrected chi connectivity index (χ2v) is 4.41. The van der Waals surface area contributed by atoms with Crippen LogP contribution in [0, 0.1) is 10.1 Å². The van der Waals surface area contributed by atoms with Gasteiger partial charge in [-0.1, -0.05) is 11.6 Å². The number of nitrogens with zero attached hydrogens (tertiary/aromatic N) is 1. The molecule has 1 amide bonds. The number of benzene rings is 1. The molecule has 0 aromatic heterocycles. The van der Waals surface area contributed by atoms with Crippen LogP contribution >= 0.6 is 11.6 Å². The number of carbonyl (C=O) groups is 1. The van der Waals surface area contributed by atoms with Crippen LogP contribution in [-0.4, -0.2) is 37.6 Å². The van der Waals surface area contributed by atoms with Crippen molar-refractivity contribution in [2.24, 2.45) is 0 Å². The van der Waals surface area contributed by atoms with E-state index in [1.165, 1.54) is 18.2 Å². The van der Waals surface area contributed by atoms with Crippen molar-refractivity contribution >= 4 is 23.2 Å². The zero-order valence-corrected chi connectivity index (χ0v) is 11.8. The predicted octanol–water partition coefficient (Wildman–Crippen LogP) is 1.10. The van der Waals surface area contributed by atoms with E-state index in [1.807, 2.05) is 0 Å². The van der Waals surface area contributed by atoms with Gasteiger partial charge in [-0.2, -0.15) is 0 Å². The first-order valence-electron chi connectivity index (χ1n) is 5.93. The van der Waals surface area contributed by atoms with E-state index in [1.54, 1.807) is 7.11 Å². The summed E-state index contributed by atoms with van der Waals surface area (Å²) in [4.78, 5) is 21.8. The van der Waals surface area contributed by atoms with Crippen molar-refractivity contribution in [1.29, 1.82) is 0 Å². The van der Waals surface area contributed by atoms with Crippen molar-refractivity contribution in [2.45, 2.75) is 6.54 Å². The van der Waals surface area contributed by atoms with Crippen LogP contribution in [0.15, 0.2) is 18.2 Å². The molecule has 0 fully saturated rings. The minimum atomic E-state index is -0.480. The van der Waals surface area contributed by atoms with Crippen LogP contribution in [0.4, 0.5) is 5.69 Å². The van der Waals surface area contributed by atoms with E-state index in [0.717, 1.165) is 0 Å². The largest absolute Gasteiger partial charge is 0.383 e. The number of carbonyl (C=O) groups excluding carboxylic acids is 1. The highest BCUT2D eigenvalue weighted by atomic mass is 35.5. The third-order valence-corrected chi connectivity index (χ3v) is 2.70. The van der Waals surface area contributed by atoms with E-state index >= 15 is 0 Å². The molecule has 0 radical (unpaired) electrons. The highest BCUT2D eigenvalue weighted by Crippen LogP contribution is 2.22. The van der Waals surface area contributed by atoms with Crippen LogP contribution in [0.2, 0.25) is 5.02 Å². The third kappa shape index (κ3) is 5.52. The van der Waals surface area contributed by atoms with E-state index in [9.17, 15) is 14.9 Å². The number of nitro benzene ring substituents is 1. The van der Waals surface area contributed by atoms with Gasteiger partial charge < -0.3 is 15.4 Å². The maximum atomic E-state index is 11.4. The Labute approximate surface area is 121 Å². The van der Waals surface area contributed by atoms with Gasteiger partial charge in [-0.25, -0.2) is 0 Å². The van der Waals surface area contributed by atoms with Crippen LogP contribution < -0.4 is 10.6 Å². The van der Waals surface area contributed by atoms with E-state index < -0.39 is 4.92 Å². The molecular formula is C12H16ClN3O4. The first-order valence-corrected chi connectivity index (χ1v) is 6.31. The number of amides is 1. The Morgan fingerprint density at radius 1 is 1.50 bits per heavy atom. The van der Waals surface area contributed by atoms with Gasteiger partial charge in [-0.05, 0) is 12.1 Å². The Morgan fingerprint density at radius 2 is 2.25 bits per heavy atom. The molecule has 0 bridgehead atoms. The van der Waals surface area contributed by atoms with Gasteiger partial charge in [0, 0.05) is 36.9 Å². The lowest BCUT2D eigenvalue weighted by atomic mass is 10.2. The number of halogens is 1. The SMILES string of the molecule is COCCNC(=O)CNCc1cc(Cl)ccc1[N+](=O)[O-]. The van der Waals surface area contributed by atoms with Gasteiger partial charge in [0.15, 0.2) is 0 Å². The fourth-order valence-electron chi connectivity index (χ4n) is 1.54. The molecule has 7 nitrogen and oxygen atoms in total. The lowest BCUT2D eigenvalue weighted by molar-refractivity contribution is -0.385. The fraction of sp³-hybridized carbons (Fsp3) is 0.417. The van der Waals surface area contributed by atoms with E-state index in [-0.39, 0.29) is 24.7 Å². The second-order valence-electron chi connectivity index (χ2n) is 3.98. The van der Waals surface area contributed by atoms with Gasteiger partial charge in [0.05, 0.1) is 18.1 Å². The van der Waals surface area contributed by atoms with Crippen molar-refractivity contribution in [3.63, 3.8) is 0 Å². The van der Waals surface area contributed by atoms with Gasteiger partial charge in [0.2, 0.25) is 5.91 Å². The molecule has 0 aliphatic rings. The quantitative estimate of drug-likeness (QED) is 0.426. The van der Waals surface area contributed by atoms with Crippen LogP contribution in [0.3, 0.4) is 0 Å². The zero-order valence-electron chi connectivity index (χ0n) is 11.0. The first kappa shape index (κ1) is 16.4. The zero-order chi connectivity index (χ0) is 15.0. The Hall–Kier alpha value is -1.70. The molecule has 0 aliphatic heterocycles. The summed E-state index contributed by atoms with van der Waals surface area (Å²) in [6.07, 6.45) is 0. The van der Waals surface area contributed by atoms with Crippen LogP contribution in [-0.2, 0) is 16.1 Å². The monoisotopic (exact) mass is 301 g/mol. The number of hydrogen-bond donors (Lipinski definition) is 2. The molecule has 0 spiro atoms. The summed E-state index contributed by atoms with van der Waals surface area (Å²) in [7, 11) is 1.54. The van der Waals surface area contributed by atoms with E-state index in [4.69, 9.17) is 16.3 Å². The minimum absolute atomic E-state index is 0.0262. The molecule has 1 rings (SSSR count). The molecule has 8 heteroatoms. The molecule has 110 valence electrons. The summed E-state index contributed by atoms with van der Waals surface area (Å²) in [5, 5.41) is 16.7. The summed E-state index contributed by atoms with van der Waals surface area (Å²) >= 11 is 5.80. The summed E-state index contributed by atoms with van der Waals surface area (Å²) < 4.78 is 4.80. The highest BCUT2D eigenvalue weighted by Gasteiger charge is 2.13. The van der Waals surface area contributed by atoms with Crippen molar-refractivity contribution in [1.82, 2.24) is 10.6 Å². The molecule has 0 atom stereocenters. The third-order valence-electron chi connectivity index (χ3n) is 2.47. The average molecular weight is 302 g/mol. The van der Waals surface area contributed by atoms with Gasteiger partial charge in [-0.3, -0.25) is 14.9 Å². The van der Waals surface area contributed by atoms with Crippen molar-refractivity contribution in [2.75, 3.05) is 26.8 Å². The van der Waals surface area contributed by atoms with Crippen molar-refractivity contribution < 1.29 is 14.5 Å². The minimum Gasteiger partial charge on any atom is -0.383 e. The molecule has 20 heavy (non-hydrogen) atoms. The Kier molecular flexibility index (Phi) is 6.92. The van der Waals surface area contributed by atoms with Crippen LogP contribution in [0.5, 0.6) is 0 Å². The van der Waals surface area contributed by atoms with E-state index in [2.05, 4.69) is 10.6 Å². The average Bonchev–Trinajstić information content (AvgIpc) is 2.38. The number of methoxy groups -OCH3 is 1. The smallest absolute Gasteiger partial charge is 0.273 e. The lowest BCUT2D eigenvalue weighted by Crippen LogP contribution is -2.35. The van der Waals surface area contributed by atoms with Crippen molar-refractivity contribution in [3.8, 4) is 0 Å². The van der Waals surface area contributed by atoms with Gasteiger partial charge in [0.25, 0.3) is 5.69 Å². The predicted molar refractivity (Wildman–Crippen MR) is 74.7 cm³/mol. The standard InChI is InChI=1S/C12H16ClN3O4/c1-20-5-4-15-12(17)8-14-7-9-6-10(13)2-3-11(9)16(18)19/h2-3,6,14H,4-5,7-8H2,1H3,(H,15,17). The molecule has 1 aromatic rings. The normalized spacial score (nSPS) is 10.3. The Balaban J connectivity index is 2.47. The molecule has 0 saturated carbocycles. The summed E-state index contributed by atoms with van der Waals surface area (Å²) in [6, 6.07) is 4.31. The molecule has 0 unspecified atom stereocenters. The summed E-state index contributed by atoms with van der Waals surface area (Å²) in [5.41, 5.74) is 0.411. The van der Waals surface area contributed by atoms with Gasteiger partial charge >= 0.3 is 0 Å². The molecule has 0 saturated heterocycles. The fourth-order valence-corrected chi connectivity index (χ4v) is 1.73. The maximum Gasteiger partial charge on any atom is 0.273 e. The second kappa shape index (κ2) is 8.47. The number of rotatable bonds is 8. The number of ether oxygens (including phenoxy) is 1. The van der Waals surface area contributed by atoms with E-state index in [0.29, 0.717) is 23.7 Å². The topological polar surface area (TPSA) is 93.5 Å². The Morgan fingerprint density at radius 3 is 2.90 bits per heavy atom. The summed E-state index contributed by atoms with van der Waals surface area (Å²) in [6.45, 7) is 1.11. The number of nitrogens with one attached hydrogen (secondary N) is 2.